The highest BCUT2D eigenvalue weighted by atomic mass is 19.1. The lowest BCUT2D eigenvalue weighted by molar-refractivity contribution is 0.453. The molecule has 0 bridgehead atoms. The van der Waals surface area contributed by atoms with E-state index in [1.807, 2.05) is 13.0 Å². The summed E-state index contributed by atoms with van der Waals surface area (Å²) in [5.74, 6) is -0.159. The van der Waals surface area contributed by atoms with Crippen LogP contribution in [-0.2, 0) is 6.42 Å². The zero-order chi connectivity index (χ0) is 13.4. The minimum Gasteiger partial charge on any atom is -0.370 e. The van der Waals surface area contributed by atoms with E-state index in [0.717, 1.165) is 37.0 Å². The van der Waals surface area contributed by atoms with Crippen LogP contribution >= 0.6 is 0 Å². The lowest BCUT2D eigenvalue weighted by atomic mass is 10.0. The first-order valence-electron chi connectivity index (χ1n) is 6.46. The van der Waals surface area contributed by atoms with Crippen LogP contribution in [0.2, 0.25) is 0 Å². The number of benzene rings is 1. The molecule has 0 saturated heterocycles. The average molecular weight is 263 g/mol. The molecule has 19 heavy (non-hydrogen) atoms. The van der Waals surface area contributed by atoms with Crippen LogP contribution in [0.25, 0.3) is 0 Å². The van der Waals surface area contributed by atoms with Crippen molar-refractivity contribution in [1.29, 1.82) is 0 Å². The number of nitrogens with one attached hydrogen (secondary N) is 1. The van der Waals surface area contributed by atoms with Gasteiger partial charge >= 0.3 is 0 Å². The molecule has 1 N–H and O–H groups in total. The first-order valence-corrected chi connectivity index (χ1v) is 6.46. The molecule has 0 aliphatic carbocycles. The molecule has 0 fully saturated rings. The second-order valence-electron chi connectivity index (χ2n) is 4.72. The van der Waals surface area contributed by atoms with Gasteiger partial charge in [0, 0.05) is 24.2 Å². The predicted molar refractivity (Wildman–Crippen MR) is 69.2 cm³/mol. The Morgan fingerprint density at radius 1 is 1.37 bits per heavy atom. The molecule has 0 spiro atoms. The van der Waals surface area contributed by atoms with Gasteiger partial charge in [-0.05, 0) is 18.9 Å². The van der Waals surface area contributed by atoms with Crippen molar-refractivity contribution >= 4 is 5.82 Å². The molecular weight excluding hydrogens is 248 g/mol. The first-order chi connectivity index (χ1) is 9.19. The van der Waals surface area contributed by atoms with Gasteiger partial charge in [-0.1, -0.05) is 13.0 Å². The van der Waals surface area contributed by atoms with Crippen molar-refractivity contribution in [2.75, 3.05) is 11.9 Å². The lowest BCUT2D eigenvalue weighted by Crippen LogP contribution is -2.25. The van der Waals surface area contributed by atoms with Crippen molar-refractivity contribution in [3.63, 3.8) is 0 Å². The fraction of sp³-hybridized carbons (Fsp3) is 0.357. The second kappa shape index (κ2) is 4.64. The third-order valence-electron chi connectivity index (χ3n) is 3.49. The smallest absolute Gasteiger partial charge is 0.131 e. The number of aryl methyl sites for hydroxylation is 1. The van der Waals surface area contributed by atoms with Crippen molar-refractivity contribution in [2.45, 2.75) is 25.8 Å². The van der Waals surface area contributed by atoms with Gasteiger partial charge < -0.3 is 5.32 Å². The number of nitrogens with zero attached hydrogens (tertiary/aromatic N) is 2. The van der Waals surface area contributed by atoms with E-state index >= 15 is 0 Å². The standard InChI is InChI=1S/C14H15F2N3/c1-2-10-8-14-17-6-5-13(19(14)18-10)11-4-3-9(15)7-12(11)16/h3-4,7-8,13,17H,2,5-6H2,1H3. The van der Waals surface area contributed by atoms with Gasteiger partial charge in [-0.15, -0.1) is 0 Å². The SMILES string of the molecule is CCc1cc2n(n1)C(c1ccc(F)cc1F)CCN2. The highest BCUT2D eigenvalue weighted by Gasteiger charge is 2.25. The Bertz CT molecular complexity index is 607. The molecule has 1 aromatic heterocycles. The van der Waals surface area contributed by atoms with E-state index in [4.69, 9.17) is 0 Å². The average Bonchev–Trinajstić information content (AvgIpc) is 2.82. The molecule has 3 nitrogen and oxygen atoms in total. The van der Waals surface area contributed by atoms with E-state index in [2.05, 4.69) is 10.4 Å². The number of fused-ring (bicyclic) bond motifs is 1. The molecule has 0 saturated carbocycles. The topological polar surface area (TPSA) is 29.9 Å². The summed E-state index contributed by atoms with van der Waals surface area (Å²) in [4.78, 5) is 0. The van der Waals surface area contributed by atoms with Crippen molar-refractivity contribution in [2.24, 2.45) is 0 Å². The van der Waals surface area contributed by atoms with Crippen LogP contribution in [0.15, 0.2) is 24.3 Å². The molecule has 1 unspecified atom stereocenters. The number of anilines is 1. The van der Waals surface area contributed by atoms with Crippen molar-refractivity contribution in [1.82, 2.24) is 9.78 Å². The number of hydrogen-bond donors (Lipinski definition) is 1. The largest absolute Gasteiger partial charge is 0.370 e. The minimum atomic E-state index is -0.551. The number of rotatable bonds is 2. The molecule has 1 atom stereocenters. The molecule has 3 rings (SSSR count). The lowest BCUT2D eigenvalue weighted by Gasteiger charge is -2.26. The monoisotopic (exact) mass is 263 g/mol. The fourth-order valence-electron chi connectivity index (χ4n) is 2.51. The van der Waals surface area contributed by atoms with Crippen molar-refractivity contribution in [3.05, 3.63) is 47.2 Å². The molecule has 1 aliphatic heterocycles. The predicted octanol–water partition coefficient (Wildman–Crippen LogP) is 3.13. The maximum Gasteiger partial charge on any atom is 0.131 e. The quantitative estimate of drug-likeness (QED) is 0.902. The highest BCUT2D eigenvalue weighted by molar-refractivity contribution is 5.41. The highest BCUT2D eigenvalue weighted by Crippen LogP contribution is 2.31. The van der Waals surface area contributed by atoms with Crippen LogP contribution in [0.3, 0.4) is 0 Å². The van der Waals surface area contributed by atoms with Gasteiger partial charge in [0.15, 0.2) is 0 Å². The van der Waals surface area contributed by atoms with Crippen LogP contribution in [-0.4, -0.2) is 16.3 Å². The molecule has 0 amide bonds. The molecule has 1 aromatic carbocycles. The van der Waals surface area contributed by atoms with Crippen molar-refractivity contribution < 1.29 is 8.78 Å². The third kappa shape index (κ3) is 2.09. The van der Waals surface area contributed by atoms with Crippen LogP contribution in [0.5, 0.6) is 0 Å². The third-order valence-corrected chi connectivity index (χ3v) is 3.49. The fourth-order valence-corrected chi connectivity index (χ4v) is 2.51. The minimum absolute atomic E-state index is 0.169. The zero-order valence-electron chi connectivity index (χ0n) is 10.7. The van der Waals surface area contributed by atoms with Gasteiger partial charge in [0.1, 0.15) is 17.5 Å². The zero-order valence-corrected chi connectivity index (χ0v) is 10.7. The molecule has 2 aromatic rings. The Morgan fingerprint density at radius 2 is 2.21 bits per heavy atom. The second-order valence-corrected chi connectivity index (χ2v) is 4.72. The first kappa shape index (κ1) is 12.1. The molecule has 5 heteroatoms. The van der Waals surface area contributed by atoms with E-state index in [1.54, 1.807) is 4.68 Å². The van der Waals surface area contributed by atoms with Crippen LogP contribution in [0, 0.1) is 11.6 Å². The van der Waals surface area contributed by atoms with E-state index in [1.165, 1.54) is 12.1 Å². The summed E-state index contributed by atoms with van der Waals surface area (Å²) in [6.07, 6.45) is 1.57. The van der Waals surface area contributed by atoms with Gasteiger partial charge in [0.2, 0.25) is 0 Å². The maximum absolute atomic E-state index is 13.9. The normalized spacial score (nSPS) is 17.9. The molecule has 2 heterocycles. The number of aromatic nitrogens is 2. The summed E-state index contributed by atoms with van der Waals surface area (Å²) in [5.41, 5.74) is 1.46. The summed E-state index contributed by atoms with van der Waals surface area (Å²) in [6.45, 7) is 2.79. The number of hydrogen-bond acceptors (Lipinski definition) is 2. The Balaban J connectivity index is 2.05. The number of halogens is 2. The van der Waals surface area contributed by atoms with E-state index in [9.17, 15) is 8.78 Å². The van der Waals surface area contributed by atoms with Crippen LogP contribution < -0.4 is 5.32 Å². The van der Waals surface area contributed by atoms with E-state index in [0.29, 0.717) is 5.56 Å². The van der Waals surface area contributed by atoms with Gasteiger partial charge in [-0.25, -0.2) is 13.5 Å². The Labute approximate surface area is 110 Å². The Morgan fingerprint density at radius 3 is 2.95 bits per heavy atom. The summed E-state index contributed by atoms with van der Waals surface area (Å²) in [6, 6.07) is 5.55. The summed E-state index contributed by atoms with van der Waals surface area (Å²) >= 11 is 0. The molecular formula is C14H15F2N3. The molecule has 0 radical (unpaired) electrons. The van der Waals surface area contributed by atoms with Gasteiger partial charge in [0.25, 0.3) is 0 Å². The van der Waals surface area contributed by atoms with Gasteiger partial charge in [-0.2, -0.15) is 5.10 Å². The molecule has 1 aliphatic rings. The van der Waals surface area contributed by atoms with E-state index in [-0.39, 0.29) is 6.04 Å². The van der Waals surface area contributed by atoms with Crippen LogP contribution in [0.1, 0.15) is 30.6 Å². The van der Waals surface area contributed by atoms with Crippen LogP contribution in [0.4, 0.5) is 14.6 Å². The summed E-state index contributed by atoms with van der Waals surface area (Å²) in [5, 5.41) is 7.74. The van der Waals surface area contributed by atoms with Gasteiger partial charge in [-0.3, -0.25) is 0 Å². The maximum atomic E-state index is 13.9. The Hall–Kier alpha value is -1.91. The summed E-state index contributed by atoms with van der Waals surface area (Å²) < 4.78 is 28.7. The summed E-state index contributed by atoms with van der Waals surface area (Å²) in [7, 11) is 0. The van der Waals surface area contributed by atoms with Crippen molar-refractivity contribution in [3.8, 4) is 0 Å². The van der Waals surface area contributed by atoms with Gasteiger partial charge in [0.05, 0.1) is 11.7 Å². The Kier molecular flexibility index (Phi) is 2.97. The van der Waals surface area contributed by atoms with E-state index < -0.39 is 11.6 Å². The molecule has 100 valence electrons.